The van der Waals surface area contributed by atoms with E-state index >= 15 is 0 Å². The third-order valence-electron chi connectivity index (χ3n) is 25.6. The number of fused-ring (bicyclic) bond motifs is 5. The highest BCUT2D eigenvalue weighted by Crippen LogP contribution is 2.31. The fourth-order valence-electron chi connectivity index (χ4n) is 18.2. The van der Waals surface area contributed by atoms with Gasteiger partial charge in [-0.15, -0.1) is 0 Å². The first-order valence-corrected chi connectivity index (χ1v) is 57.0. The quantitative estimate of drug-likeness (QED) is 0.0202. The van der Waals surface area contributed by atoms with E-state index in [2.05, 4.69) is 197 Å². The van der Waals surface area contributed by atoms with Crippen LogP contribution in [0.2, 0.25) is 0 Å². The van der Waals surface area contributed by atoms with E-state index in [4.69, 9.17) is 24.9 Å². The van der Waals surface area contributed by atoms with E-state index in [9.17, 15) is 45.9 Å². The summed E-state index contributed by atoms with van der Waals surface area (Å²) in [6.45, 7) is 40.7. The Bertz CT molecular complexity index is 6940. The molecular weight excluding hydrogens is 2290 g/mol. The largest absolute Gasteiger partial charge is 0.331 e. The maximum Gasteiger partial charge on any atom is 0.254 e. The molecule has 0 aliphatic carbocycles. The molecule has 0 saturated heterocycles. The number of benzene rings is 10. The van der Waals surface area contributed by atoms with E-state index in [-0.39, 0.29) is 58.6 Å². The van der Waals surface area contributed by atoms with Crippen molar-refractivity contribution in [3.05, 3.63) is 319 Å². The minimum Gasteiger partial charge on any atom is -0.331 e. The van der Waals surface area contributed by atoms with Gasteiger partial charge in [0.25, 0.3) is 29.5 Å². The van der Waals surface area contributed by atoms with Crippen molar-refractivity contribution in [3.63, 3.8) is 0 Å². The number of rotatable bonds is 45. The molecule has 15 rings (SSSR count). The molecule has 0 radical (unpaired) electrons. The summed E-state index contributed by atoms with van der Waals surface area (Å²) in [5.74, 6) is 3.80. The molecule has 0 spiro atoms. The third kappa shape index (κ3) is 34.1. The number of hydrogen-bond donors (Lipinski definition) is 0. The lowest BCUT2D eigenvalue weighted by Gasteiger charge is -2.25. The van der Waals surface area contributed by atoms with E-state index in [0.717, 1.165) is 215 Å². The highest BCUT2D eigenvalue weighted by Gasteiger charge is 2.29. The molecule has 5 aromatic heterocycles. The second kappa shape index (κ2) is 59.3. The summed E-state index contributed by atoms with van der Waals surface area (Å²) in [7, 11) is 0. The number of nitrogens with zero attached hydrogens (tertiary/aromatic N) is 15. The van der Waals surface area contributed by atoms with Gasteiger partial charge in [0.15, 0.2) is 0 Å². The van der Waals surface area contributed by atoms with Crippen LogP contribution in [0.15, 0.2) is 211 Å². The van der Waals surface area contributed by atoms with Gasteiger partial charge in [0, 0.05) is 108 Å². The number of amides is 5. The van der Waals surface area contributed by atoms with Gasteiger partial charge in [-0.2, -0.15) is 0 Å². The number of hydrogen-bond acceptors (Lipinski definition) is 10. The maximum absolute atomic E-state index is 13.9. The topological polar surface area (TPSA) is 191 Å². The van der Waals surface area contributed by atoms with Gasteiger partial charge in [0.1, 0.15) is 58.2 Å². The molecule has 0 bridgehead atoms. The third-order valence-corrected chi connectivity index (χ3v) is 28.5. The zero-order valence-corrected chi connectivity index (χ0v) is 97.2. The number of carbonyl (C=O) groups excluding carboxylic acids is 5. The van der Waals surface area contributed by atoms with Crippen molar-refractivity contribution in [1.29, 1.82) is 0 Å². The van der Waals surface area contributed by atoms with Crippen LogP contribution in [0, 0.1) is 64.5 Å². The second-order valence-electron chi connectivity index (χ2n) is 39.5. The lowest BCUT2D eigenvalue weighted by Crippen LogP contribution is -2.34. The lowest BCUT2D eigenvalue weighted by molar-refractivity contribution is 0.0710. The monoisotopic (exact) mass is 2430 g/mol. The van der Waals surface area contributed by atoms with Gasteiger partial charge in [0.05, 0.1) is 87.9 Å². The van der Waals surface area contributed by atoms with Gasteiger partial charge >= 0.3 is 0 Å². The van der Waals surface area contributed by atoms with Gasteiger partial charge in [-0.3, -0.25) is 24.0 Å². The summed E-state index contributed by atoms with van der Waals surface area (Å²) < 4.78 is 83.4. The molecule has 10 aromatic carbocycles. The number of carbonyl (C=O) groups is 5. The molecule has 0 unspecified atom stereocenters. The van der Waals surface area contributed by atoms with Crippen molar-refractivity contribution >= 4 is 168 Å². The number of aromatic nitrogens is 10. The Morgan fingerprint density at radius 1 is 0.302 bits per heavy atom. The van der Waals surface area contributed by atoms with Gasteiger partial charge in [-0.05, 0) is 338 Å². The Kier molecular flexibility index (Phi) is 47.1. The van der Waals surface area contributed by atoms with Crippen molar-refractivity contribution in [1.82, 2.24) is 72.3 Å². The second-order valence-corrected chi connectivity index (χ2v) is 44.1. The van der Waals surface area contributed by atoms with Gasteiger partial charge in [-0.25, -0.2) is 46.9 Å². The Hall–Kier alpha value is -10.8. The SMILES string of the molecule is CCCCCCCc1ccc(C(=O)N(Cc2nc3ccc(F)cc3n2CCC)CC(C)C)cc1.CCCCCN(Cc1nc2ccc(F)cc2n1CCC)C(=O)c1cccc(I)c1.CCCCN(Cc1nc2ccc(F)cc2n1CCC)C(=O)c1cccc(I)c1.CCCn1c(CN(CC(C)C)C(=O)c2cccc(I)c2)nc2ccc(F)cc21.CCCn1c(CN(CCC(C)C)C(=O)c2ccc(C)c(Br)c2)nc2ccc(F)cc21. The van der Waals surface area contributed by atoms with Crippen LogP contribution in [0.25, 0.3) is 55.2 Å². The van der Waals surface area contributed by atoms with E-state index in [0.29, 0.717) is 111 Å². The number of aryl methyl sites for hydroxylation is 7. The summed E-state index contributed by atoms with van der Waals surface area (Å²) >= 11 is 10.2. The smallest absolute Gasteiger partial charge is 0.254 e. The van der Waals surface area contributed by atoms with Gasteiger partial charge in [0.2, 0.25) is 0 Å². The molecule has 0 N–H and O–H groups in total. The van der Waals surface area contributed by atoms with Crippen LogP contribution in [0.1, 0.15) is 292 Å². The molecule has 0 aliphatic rings. The molecule has 5 heterocycles. The molecule has 5 amide bonds. The molecule has 0 atom stereocenters. The standard InChI is InChI=1S/C29H40FN3O.C24H29BrFN3O.C23H27FIN3O.2C22H25FIN3O/c1-5-7-8-9-10-11-23-12-14-24(15-13-23)29(34)32(20-22(3)4)21-28-31-26-17-16-25(30)19-27(26)33(28)18-6-2;1-5-11-29-22-14-19(26)8-9-21(22)27-23(29)15-28(12-10-16(2)3)24(30)18-7-6-17(4)20(25)13-18;1-3-5-6-13-27(23(29)17-8-7-9-19(25)14-17)16-22-26-20-11-10-18(24)15-21(20)28(22)12-4-2;1-4-10-27-20-12-17(23)8-9-19(20)25-21(27)14-26(13-15(2)3)22(28)16-6-5-7-18(24)11-16;1-3-5-12-26(22(28)16-7-6-8-18(24)13-16)15-21-25-19-10-9-17(23)14-20(19)27(21)11-4-2/h12-17,19,22H,5-11,18,20-21H2,1-4H3;6-9,13-14,16H,5,10-12,15H2,1-4H3;7-11,14-15H,3-6,12-13,16H2,1-2H3;5-9,11-12,15H,4,10,13-14H2,1-3H3;6-10,13-14H,3-5,11-12,15H2,1-2H3. The van der Waals surface area contributed by atoms with Gasteiger partial charge in [-0.1, -0.05) is 194 Å². The van der Waals surface area contributed by atoms with Crippen LogP contribution in [-0.4, -0.2) is 135 Å². The van der Waals surface area contributed by atoms with Crippen LogP contribution in [0.5, 0.6) is 0 Å². The summed E-state index contributed by atoms with van der Waals surface area (Å²) in [5.41, 5.74) is 13.5. The van der Waals surface area contributed by atoms with Crippen LogP contribution >= 0.6 is 83.7 Å². The molecule has 29 heteroatoms. The zero-order valence-electron chi connectivity index (χ0n) is 89.1. The Labute approximate surface area is 926 Å². The molecule has 0 saturated carbocycles. The maximum atomic E-state index is 13.9. The van der Waals surface area contributed by atoms with Crippen molar-refractivity contribution in [2.24, 2.45) is 17.8 Å². The highest BCUT2D eigenvalue weighted by atomic mass is 127. The fourth-order valence-corrected chi connectivity index (χ4v) is 20.2. The first-order chi connectivity index (χ1) is 71.7. The normalized spacial score (nSPS) is 11.3. The van der Waals surface area contributed by atoms with E-state index in [1.54, 1.807) is 30.3 Å². The molecule has 0 fully saturated rings. The summed E-state index contributed by atoms with van der Waals surface area (Å²) in [6, 6.07) is 60.1. The Morgan fingerprint density at radius 2 is 0.584 bits per heavy atom. The molecule has 794 valence electrons. The molecule has 0 aliphatic heterocycles. The predicted molar refractivity (Wildman–Crippen MR) is 622 cm³/mol. The van der Waals surface area contributed by atoms with E-state index < -0.39 is 0 Å². The van der Waals surface area contributed by atoms with E-state index in [1.165, 1.54) is 98.3 Å². The minimum absolute atomic E-state index is 0.00602. The van der Waals surface area contributed by atoms with Crippen LogP contribution < -0.4 is 0 Å². The molecule has 20 nitrogen and oxygen atoms in total. The first-order valence-electron chi connectivity index (χ1n) is 53.0. The first kappa shape index (κ1) is 118. The van der Waals surface area contributed by atoms with Gasteiger partial charge < -0.3 is 47.3 Å². The Morgan fingerprint density at radius 3 is 0.886 bits per heavy atom. The van der Waals surface area contributed by atoms with Crippen molar-refractivity contribution in [3.8, 4) is 0 Å². The number of imidazole rings is 5. The molecule has 15 aromatic rings. The average molecular weight is 2430 g/mol. The number of unbranched alkanes of at least 4 members (excludes halogenated alkanes) is 7. The van der Waals surface area contributed by atoms with Crippen molar-refractivity contribution in [2.75, 3.05) is 32.7 Å². The van der Waals surface area contributed by atoms with Crippen LogP contribution in [0.3, 0.4) is 0 Å². The molecular formula is C120H146BrF5I3N15O5. The van der Waals surface area contributed by atoms with E-state index in [1.807, 2.05) is 153 Å². The number of halogens is 9. The minimum atomic E-state index is -0.274. The van der Waals surface area contributed by atoms with Crippen LogP contribution in [-0.2, 0) is 71.9 Å². The lowest BCUT2D eigenvalue weighted by atomic mass is 10.0. The summed E-state index contributed by atoms with van der Waals surface area (Å²) in [4.78, 5) is 99.5. The molecule has 149 heavy (non-hydrogen) atoms. The summed E-state index contributed by atoms with van der Waals surface area (Å²) in [5, 5.41) is 0. The van der Waals surface area contributed by atoms with Crippen molar-refractivity contribution < 1.29 is 45.9 Å². The fraction of sp³-hybridized carbons (Fsp3) is 0.417. The predicted octanol–water partition coefficient (Wildman–Crippen LogP) is 30.9. The highest BCUT2D eigenvalue weighted by molar-refractivity contribution is 14.1. The van der Waals surface area contributed by atoms with Crippen LogP contribution in [0.4, 0.5) is 22.0 Å². The summed E-state index contributed by atoms with van der Waals surface area (Å²) in [6.07, 6.45) is 17.9. The Balaban J connectivity index is 0.000000177. The average Bonchev–Trinajstić information content (AvgIpc) is 1.66. The zero-order chi connectivity index (χ0) is 107. The van der Waals surface area contributed by atoms with Crippen molar-refractivity contribution in [2.45, 2.75) is 278 Å².